The lowest BCUT2D eigenvalue weighted by Gasteiger charge is -2.28. The summed E-state index contributed by atoms with van der Waals surface area (Å²) in [5.74, 6) is -1.28. The van der Waals surface area contributed by atoms with E-state index in [0.29, 0.717) is 0 Å². The fourth-order valence-corrected chi connectivity index (χ4v) is 0.982. The summed E-state index contributed by atoms with van der Waals surface area (Å²) in [6, 6.07) is -1.20. The second-order valence-electron chi connectivity index (χ2n) is 4.13. The van der Waals surface area contributed by atoms with E-state index in [1.165, 1.54) is 0 Å². The lowest BCUT2D eigenvalue weighted by atomic mass is 9.87. The molecule has 0 aromatic rings. The van der Waals surface area contributed by atoms with Crippen LogP contribution in [-0.4, -0.2) is 29.8 Å². The number of halogens is 3. The van der Waals surface area contributed by atoms with Crippen molar-refractivity contribution in [2.24, 2.45) is 5.41 Å². The van der Waals surface area contributed by atoms with Crippen LogP contribution < -0.4 is 5.32 Å². The molecule has 6 heteroatoms. The van der Waals surface area contributed by atoms with Crippen LogP contribution in [0, 0.1) is 5.41 Å². The Labute approximate surface area is 80.3 Å². The van der Waals surface area contributed by atoms with Crippen molar-refractivity contribution < 1.29 is 23.1 Å². The maximum Gasteiger partial charge on any atom is 0.401 e. The molecular formula is C8H14F3NO2. The summed E-state index contributed by atoms with van der Waals surface area (Å²) in [6.07, 6.45) is -4.39. The van der Waals surface area contributed by atoms with Gasteiger partial charge in [-0.1, -0.05) is 20.8 Å². The molecule has 0 heterocycles. The highest BCUT2D eigenvalue weighted by Crippen LogP contribution is 2.21. The van der Waals surface area contributed by atoms with E-state index in [2.05, 4.69) is 0 Å². The molecule has 0 saturated heterocycles. The van der Waals surface area contributed by atoms with Crippen LogP contribution in [0.25, 0.3) is 0 Å². The van der Waals surface area contributed by atoms with Gasteiger partial charge in [0.2, 0.25) is 0 Å². The standard InChI is InChI=1S/C8H14F3NO2/c1-7(2,3)5(6(13)14)12-4-8(9,10)11/h5,12H,4H2,1-3H3,(H,13,14). The molecule has 0 aliphatic rings. The minimum Gasteiger partial charge on any atom is -0.480 e. The van der Waals surface area contributed by atoms with E-state index in [9.17, 15) is 18.0 Å². The molecule has 0 fully saturated rings. The van der Waals surface area contributed by atoms with Crippen LogP contribution in [0.5, 0.6) is 0 Å². The Balaban J connectivity index is 4.35. The van der Waals surface area contributed by atoms with Crippen molar-refractivity contribution in [3.8, 4) is 0 Å². The van der Waals surface area contributed by atoms with E-state index in [4.69, 9.17) is 5.11 Å². The van der Waals surface area contributed by atoms with Gasteiger partial charge in [0.05, 0.1) is 6.54 Å². The van der Waals surface area contributed by atoms with Crippen molar-refractivity contribution in [1.82, 2.24) is 5.32 Å². The normalized spacial score (nSPS) is 15.3. The molecule has 0 amide bonds. The lowest BCUT2D eigenvalue weighted by Crippen LogP contribution is -2.49. The van der Waals surface area contributed by atoms with Gasteiger partial charge in [-0.3, -0.25) is 10.1 Å². The summed E-state index contributed by atoms with van der Waals surface area (Å²) in [6.45, 7) is 3.40. The Bertz CT molecular complexity index is 208. The van der Waals surface area contributed by atoms with Crippen LogP contribution in [0.15, 0.2) is 0 Å². The molecule has 0 aromatic carbocycles. The Morgan fingerprint density at radius 2 is 1.79 bits per heavy atom. The van der Waals surface area contributed by atoms with Crippen LogP contribution in [0.3, 0.4) is 0 Å². The van der Waals surface area contributed by atoms with E-state index in [1.807, 2.05) is 5.32 Å². The predicted molar refractivity (Wildman–Crippen MR) is 44.9 cm³/mol. The molecule has 0 aromatic heterocycles. The van der Waals surface area contributed by atoms with Crippen molar-refractivity contribution in [3.63, 3.8) is 0 Å². The maximum absolute atomic E-state index is 11.8. The molecule has 0 aliphatic heterocycles. The molecule has 0 bridgehead atoms. The number of nitrogens with one attached hydrogen (secondary N) is 1. The smallest absolute Gasteiger partial charge is 0.401 e. The molecule has 0 rings (SSSR count). The number of carboxylic acid groups (broad SMARTS) is 1. The first-order valence-corrected chi connectivity index (χ1v) is 4.07. The number of alkyl halides is 3. The lowest BCUT2D eigenvalue weighted by molar-refractivity contribution is -0.146. The van der Waals surface area contributed by atoms with Gasteiger partial charge in [0, 0.05) is 0 Å². The number of hydrogen-bond acceptors (Lipinski definition) is 2. The Kier molecular flexibility index (Phi) is 3.93. The van der Waals surface area contributed by atoms with Gasteiger partial charge in [-0.05, 0) is 5.41 Å². The second kappa shape index (κ2) is 4.16. The molecule has 2 N–H and O–H groups in total. The predicted octanol–water partition coefficient (Wildman–Crippen LogP) is 1.64. The molecular weight excluding hydrogens is 199 g/mol. The minimum absolute atomic E-state index is 0.753. The molecule has 0 radical (unpaired) electrons. The zero-order valence-electron chi connectivity index (χ0n) is 8.27. The molecule has 0 spiro atoms. The zero-order valence-corrected chi connectivity index (χ0v) is 8.27. The van der Waals surface area contributed by atoms with Crippen molar-refractivity contribution >= 4 is 5.97 Å². The third-order valence-corrected chi connectivity index (χ3v) is 1.62. The van der Waals surface area contributed by atoms with Gasteiger partial charge in [-0.15, -0.1) is 0 Å². The van der Waals surface area contributed by atoms with Crippen LogP contribution in [0.4, 0.5) is 13.2 Å². The van der Waals surface area contributed by atoms with Gasteiger partial charge < -0.3 is 5.11 Å². The monoisotopic (exact) mass is 213 g/mol. The van der Waals surface area contributed by atoms with Crippen molar-refractivity contribution in [2.45, 2.75) is 33.0 Å². The highest BCUT2D eigenvalue weighted by molar-refractivity contribution is 5.74. The highest BCUT2D eigenvalue weighted by atomic mass is 19.4. The van der Waals surface area contributed by atoms with E-state index in [-0.39, 0.29) is 0 Å². The maximum atomic E-state index is 11.8. The van der Waals surface area contributed by atoms with E-state index < -0.39 is 30.1 Å². The number of rotatable bonds is 3. The quantitative estimate of drug-likeness (QED) is 0.749. The third kappa shape index (κ3) is 5.06. The van der Waals surface area contributed by atoms with E-state index in [1.54, 1.807) is 20.8 Å². The average Bonchev–Trinajstić information content (AvgIpc) is 1.79. The topological polar surface area (TPSA) is 49.3 Å². The molecule has 0 aliphatic carbocycles. The van der Waals surface area contributed by atoms with Crippen LogP contribution >= 0.6 is 0 Å². The first-order chi connectivity index (χ1) is 6.04. The Hall–Kier alpha value is -0.780. The molecule has 84 valence electrons. The molecule has 3 nitrogen and oxygen atoms in total. The highest BCUT2D eigenvalue weighted by Gasteiger charge is 2.35. The summed E-state index contributed by atoms with van der Waals surface area (Å²) in [4.78, 5) is 10.6. The van der Waals surface area contributed by atoms with Crippen LogP contribution in [0.2, 0.25) is 0 Å². The third-order valence-electron chi connectivity index (χ3n) is 1.62. The van der Waals surface area contributed by atoms with Gasteiger partial charge in [0.25, 0.3) is 0 Å². The first-order valence-electron chi connectivity index (χ1n) is 4.07. The van der Waals surface area contributed by atoms with Crippen molar-refractivity contribution in [3.05, 3.63) is 0 Å². The van der Waals surface area contributed by atoms with E-state index >= 15 is 0 Å². The Morgan fingerprint density at radius 1 is 1.36 bits per heavy atom. The van der Waals surface area contributed by atoms with Gasteiger partial charge in [-0.25, -0.2) is 0 Å². The summed E-state index contributed by atoms with van der Waals surface area (Å²) in [5, 5.41) is 10.7. The Morgan fingerprint density at radius 3 is 2.00 bits per heavy atom. The first kappa shape index (κ1) is 13.2. The van der Waals surface area contributed by atoms with Gasteiger partial charge in [-0.2, -0.15) is 13.2 Å². The van der Waals surface area contributed by atoms with Gasteiger partial charge in [0.15, 0.2) is 0 Å². The van der Waals surface area contributed by atoms with Crippen molar-refractivity contribution in [1.29, 1.82) is 0 Å². The van der Waals surface area contributed by atoms with Gasteiger partial charge >= 0.3 is 12.1 Å². The fourth-order valence-electron chi connectivity index (χ4n) is 0.982. The minimum atomic E-state index is -4.39. The number of hydrogen-bond donors (Lipinski definition) is 2. The summed E-state index contributed by atoms with van der Waals surface area (Å²) in [5.41, 5.74) is -0.753. The van der Waals surface area contributed by atoms with Crippen LogP contribution in [0.1, 0.15) is 20.8 Å². The average molecular weight is 213 g/mol. The largest absolute Gasteiger partial charge is 0.480 e. The second-order valence-corrected chi connectivity index (χ2v) is 4.13. The molecule has 0 saturated carbocycles. The van der Waals surface area contributed by atoms with Crippen LogP contribution in [-0.2, 0) is 4.79 Å². The summed E-state index contributed by atoms with van der Waals surface area (Å²) < 4.78 is 35.4. The summed E-state index contributed by atoms with van der Waals surface area (Å²) >= 11 is 0. The molecule has 14 heavy (non-hydrogen) atoms. The number of aliphatic carboxylic acids is 1. The summed E-state index contributed by atoms with van der Waals surface area (Å²) in [7, 11) is 0. The SMILES string of the molecule is CC(C)(C)C(NCC(F)(F)F)C(=O)O. The van der Waals surface area contributed by atoms with Crippen molar-refractivity contribution in [2.75, 3.05) is 6.54 Å². The molecule has 1 atom stereocenters. The fraction of sp³-hybridized carbons (Fsp3) is 0.875. The molecule has 1 unspecified atom stereocenters. The number of carbonyl (C=O) groups is 1. The number of carboxylic acids is 1. The van der Waals surface area contributed by atoms with E-state index in [0.717, 1.165) is 0 Å². The zero-order chi connectivity index (χ0) is 11.6. The van der Waals surface area contributed by atoms with Gasteiger partial charge in [0.1, 0.15) is 6.04 Å².